The number of anilines is 2. The molecule has 4 aromatic rings. The normalized spacial score (nSPS) is 11.6. The molecule has 0 saturated carbocycles. The Labute approximate surface area is 165 Å². The first-order valence-corrected chi connectivity index (χ1v) is 9.64. The summed E-state index contributed by atoms with van der Waals surface area (Å²) in [7, 11) is -0.994. The van der Waals surface area contributed by atoms with E-state index in [1.807, 2.05) is 60.7 Å². The third kappa shape index (κ3) is 4.13. The van der Waals surface area contributed by atoms with Gasteiger partial charge in [0.15, 0.2) is 5.82 Å². The van der Waals surface area contributed by atoms with Crippen molar-refractivity contribution in [3.8, 4) is 11.4 Å². The first-order valence-electron chi connectivity index (χ1n) is 8.08. The number of aromatic nitrogens is 3. The van der Waals surface area contributed by atoms with Gasteiger partial charge in [0.1, 0.15) is 5.82 Å². The molecule has 7 heteroatoms. The van der Waals surface area contributed by atoms with Crippen molar-refractivity contribution < 1.29 is 4.21 Å². The van der Waals surface area contributed by atoms with Gasteiger partial charge in [-0.1, -0.05) is 12.1 Å². The lowest BCUT2D eigenvalue weighted by Gasteiger charge is -2.11. The average molecular weight is 397 g/mol. The van der Waals surface area contributed by atoms with Gasteiger partial charge < -0.3 is 5.32 Å². The Hall–Kier alpha value is -2.83. The van der Waals surface area contributed by atoms with Crippen molar-refractivity contribution in [1.82, 2.24) is 15.0 Å². The molecule has 1 atom stereocenters. The lowest BCUT2D eigenvalue weighted by atomic mass is 10.2. The molecule has 0 fully saturated rings. The van der Waals surface area contributed by atoms with Gasteiger partial charge in [-0.3, -0.25) is 9.19 Å². The molecule has 0 amide bonds. The van der Waals surface area contributed by atoms with Crippen molar-refractivity contribution in [3.63, 3.8) is 0 Å². The van der Waals surface area contributed by atoms with Gasteiger partial charge in [0.25, 0.3) is 0 Å². The second-order valence-corrected chi connectivity index (χ2v) is 7.13. The highest BCUT2D eigenvalue weighted by atomic mass is 35.5. The van der Waals surface area contributed by atoms with Crippen LogP contribution >= 0.6 is 12.4 Å². The molecule has 27 heavy (non-hydrogen) atoms. The van der Waals surface area contributed by atoms with Crippen molar-refractivity contribution in [1.29, 1.82) is 0 Å². The molecule has 2 heterocycles. The Morgan fingerprint density at radius 3 is 2.30 bits per heavy atom. The summed E-state index contributed by atoms with van der Waals surface area (Å²) < 4.78 is 11.6. The maximum Gasteiger partial charge on any atom is 0.162 e. The lowest BCUT2D eigenvalue weighted by molar-refractivity contribution is 0.687. The van der Waals surface area contributed by atoms with Gasteiger partial charge in [-0.25, -0.2) is 9.97 Å². The number of hydrogen-bond donors (Lipinski definition) is 1. The number of hydrogen-bond acceptors (Lipinski definition) is 5. The Kier molecular flexibility index (Phi) is 5.78. The van der Waals surface area contributed by atoms with Gasteiger partial charge in [-0.05, 0) is 48.5 Å². The van der Waals surface area contributed by atoms with Crippen LogP contribution in [-0.4, -0.2) is 25.4 Å². The molecule has 4 rings (SSSR count). The topological polar surface area (TPSA) is 67.8 Å². The number of nitrogens with zero attached hydrogens (tertiary/aromatic N) is 3. The predicted octanol–water partition coefficient (Wildman–Crippen LogP) is 4.59. The van der Waals surface area contributed by atoms with E-state index in [4.69, 9.17) is 4.98 Å². The highest BCUT2D eigenvalue weighted by Crippen LogP contribution is 2.27. The minimum Gasteiger partial charge on any atom is -0.340 e. The molecule has 0 aliphatic carbocycles. The van der Waals surface area contributed by atoms with Crippen molar-refractivity contribution >= 4 is 45.6 Å². The maximum atomic E-state index is 11.6. The Morgan fingerprint density at radius 1 is 0.889 bits per heavy atom. The molecule has 5 nitrogen and oxygen atoms in total. The van der Waals surface area contributed by atoms with Gasteiger partial charge in [-0.15, -0.1) is 12.4 Å². The molecule has 0 radical (unpaired) electrons. The number of fused-ring (bicyclic) bond motifs is 1. The van der Waals surface area contributed by atoms with E-state index in [9.17, 15) is 4.21 Å². The number of nitrogens with one attached hydrogen (secondary N) is 1. The highest BCUT2D eigenvalue weighted by Gasteiger charge is 2.10. The van der Waals surface area contributed by atoms with Gasteiger partial charge >= 0.3 is 0 Å². The fourth-order valence-electron chi connectivity index (χ4n) is 2.67. The Bertz CT molecular complexity index is 1090. The van der Waals surface area contributed by atoms with E-state index in [0.29, 0.717) is 5.82 Å². The zero-order valence-electron chi connectivity index (χ0n) is 14.5. The molecule has 2 aromatic carbocycles. The summed E-state index contributed by atoms with van der Waals surface area (Å²) in [6.07, 6.45) is 5.12. The van der Waals surface area contributed by atoms with Gasteiger partial charge in [0.2, 0.25) is 0 Å². The van der Waals surface area contributed by atoms with Crippen LogP contribution in [0.15, 0.2) is 78.0 Å². The van der Waals surface area contributed by atoms with Crippen LogP contribution in [0.1, 0.15) is 0 Å². The van der Waals surface area contributed by atoms with E-state index in [-0.39, 0.29) is 12.4 Å². The van der Waals surface area contributed by atoms with Crippen LogP contribution in [0, 0.1) is 0 Å². The fraction of sp³-hybridized carbons (Fsp3) is 0.0500. The summed E-state index contributed by atoms with van der Waals surface area (Å²) in [5, 5.41) is 4.30. The molecule has 1 unspecified atom stereocenters. The number of halogens is 1. The third-order valence-electron chi connectivity index (χ3n) is 3.99. The third-order valence-corrected chi connectivity index (χ3v) is 4.93. The van der Waals surface area contributed by atoms with E-state index in [1.54, 1.807) is 18.6 Å². The van der Waals surface area contributed by atoms with Gasteiger partial charge in [0, 0.05) is 51.0 Å². The summed E-state index contributed by atoms with van der Waals surface area (Å²) in [6, 6.07) is 19.2. The van der Waals surface area contributed by atoms with Crippen molar-refractivity contribution in [2.75, 3.05) is 11.6 Å². The van der Waals surface area contributed by atoms with Crippen LogP contribution in [0.5, 0.6) is 0 Å². The van der Waals surface area contributed by atoms with Crippen LogP contribution in [0.2, 0.25) is 0 Å². The van der Waals surface area contributed by atoms with Crippen LogP contribution in [0.4, 0.5) is 11.5 Å². The summed E-state index contributed by atoms with van der Waals surface area (Å²) in [4.78, 5) is 14.2. The molecule has 0 bridgehead atoms. The smallest absolute Gasteiger partial charge is 0.162 e. The lowest BCUT2D eigenvalue weighted by Crippen LogP contribution is -1.99. The SMILES string of the molecule is CS(=O)c1ccc(Nc2nc(-c3ccncc3)nc3ccccc23)cc1.Cl. The number of rotatable bonds is 4. The molecule has 0 aliphatic heterocycles. The second-order valence-electron chi connectivity index (χ2n) is 5.75. The van der Waals surface area contributed by atoms with E-state index < -0.39 is 10.8 Å². The highest BCUT2D eigenvalue weighted by molar-refractivity contribution is 7.84. The Balaban J connectivity index is 0.00000210. The molecule has 2 aromatic heterocycles. The van der Waals surface area contributed by atoms with Crippen LogP contribution in [0.25, 0.3) is 22.3 Å². The summed E-state index contributed by atoms with van der Waals surface area (Å²) in [5.74, 6) is 1.37. The first-order chi connectivity index (χ1) is 12.7. The maximum absolute atomic E-state index is 11.6. The zero-order chi connectivity index (χ0) is 17.9. The summed E-state index contributed by atoms with van der Waals surface area (Å²) in [5.41, 5.74) is 2.65. The quantitative estimate of drug-likeness (QED) is 0.546. The van der Waals surface area contributed by atoms with E-state index in [1.165, 1.54) is 0 Å². The minimum atomic E-state index is -0.994. The first kappa shape index (κ1) is 18.9. The second kappa shape index (κ2) is 8.24. The molecule has 0 saturated heterocycles. The van der Waals surface area contributed by atoms with Gasteiger partial charge in [0.05, 0.1) is 5.52 Å². The van der Waals surface area contributed by atoms with Gasteiger partial charge in [-0.2, -0.15) is 0 Å². The molecule has 0 aliphatic rings. The fourth-order valence-corrected chi connectivity index (χ4v) is 3.19. The Morgan fingerprint density at radius 2 is 1.59 bits per heavy atom. The molecule has 0 spiro atoms. The minimum absolute atomic E-state index is 0. The standard InChI is InChI=1S/C20H16N4OS.ClH/c1-26(25)16-8-6-15(7-9-16)22-20-17-4-2-3-5-18(17)23-19(24-20)14-10-12-21-13-11-14;/h2-13H,1H3,(H,22,23,24);1H. The van der Waals surface area contributed by atoms with E-state index in [0.717, 1.165) is 32.9 Å². The number of pyridine rings is 1. The van der Waals surface area contributed by atoms with Crippen molar-refractivity contribution in [2.24, 2.45) is 0 Å². The van der Waals surface area contributed by atoms with E-state index >= 15 is 0 Å². The predicted molar refractivity (Wildman–Crippen MR) is 112 cm³/mol. The molecular formula is C20H17ClN4OS. The zero-order valence-corrected chi connectivity index (χ0v) is 16.1. The summed E-state index contributed by atoms with van der Waals surface area (Å²) in [6.45, 7) is 0. The largest absolute Gasteiger partial charge is 0.340 e. The molecule has 136 valence electrons. The van der Waals surface area contributed by atoms with E-state index in [2.05, 4.69) is 15.3 Å². The van der Waals surface area contributed by atoms with Crippen LogP contribution in [-0.2, 0) is 10.8 Å². The average Bonchev–Trinajstić information content (AvgIpc) is 2.69. The van der Waals surface area contributed by atoms with Crippen molar-refractivity contribution in [2.45, 2.75) is 4.90 Å². The molecule has 1 N–H and O–H groups in total. The molecular weight excluding hydrogens is 380 g/mol. The number of benzene rings is 2. The van der Waals surface area contributed by atoms with Crippen LogP contribution < -0.4 is 5.32 Å². The monoisotopic (exact) mass is 396 g/mol. The van der Waals surface area contributed by atoms with Crippen LogP contribution in [0.3, 0.4) is 0 Å². The summed E-state index contributed by atoms with van der Waals surface area (Å²) >= 11 is 0. The van der Waals surface area contributed by atoms with Crippen molar-refractivity contribution in [3.05, 3.63) is 73.1 Å². The number of para-hydroxylation sites is 1.